The van der Waals surface area contributed by atoms with Crippen LogP contribution in [0.25, 0.3) is 16.5 Å². The largest absolute Gasteiger partial charge is 0.369 e. The van der Waals surface area contributed by atoms with Gasteiger partial charge in [0.25, 0.3) is 11.5 Å². The number of benzene rings is 2. The third-order valence-corrected chi connectivity index (χ3v) is 5.28. The first-order chi connectivity index (χ1) is 15.3. The van der Waals surface area contributed by atoms with Crippen molar-refractivity contribution in [3.05, 3.63) is 105 Å². The minimum atomic E-state index is -1.51. The van der Waals surface area contributed by atoms with Gasteiger partial charge in [-0.2, -0.15) is 0 Å². The fourth-order valence-electron chi connectivity index (χ4n) is 3.77. The van der Waals surface area contributed by atoms with Crippen LogP contribution in [0.3, 0.4) is 0 Å². The van der Waals surface area contributed by atoms with E-state index >= 15 is 0 Å². The number of aromatic nitrogens is 2. The molecule has 32 heavy (non-hydrogen) atoms. The maximum absolute atomic E-state index is 14.7. The zero-order valence-electron chi connectivity index (χ0n) is 17.3. The molecular weight excluding hydrogens is 416 g/mol. The van der Waals surface area contributed by atoms with E-state index in [-0.39, 0.29) is 27.6 Å². The van der Waals surface area contributed by atoms with E-state index in [0.717, 1.165) is 12.1 Å². The normalized spacial score (nSPS) is 12.0. The Kier molecular flexibility index (Phi) is 5.54. The first-order valence-corrected chi connectivity index (χ1v) is 9.80. The molecule has 0 bridgehead atoms. The van der Waals surface area contributed by atoms with Gasteiger partial charge < -0.3 is 10.4 Å². The van der Waals surface area contributed by atoms with Gasteiger partial charge in [0.15, 0.2) is 6.23 Å². The van der Waals surface area contributed by atoms with Crippen molar-refractivity contribution in [3.63, 3.8) is 0 Å². The van der Waals surface area contributed by atoms with Gasteiger partial charge in [0.2, 0.25) is 0 Å². The third-order valence-electron chi connectivity index (χ3n) is 5.28. The standard InChI is InChI=1S/C24H19F2N3O3/c1-13-19(10-5-11-27-13)29-14(2)20(17-8-4-9-18(26)21(17)24(29)32)23(31)28-22(30)15-6-3-7-16(25)12-15/h3-12,22,30H,1-2H3,(H,28,31)/t22-/m0/s1. The quantitative estimate of drug-likeness (QED) is 0.479. The molecule has 4 rings (SSSR count). The van der Waals surface area contributed by atoms with E-state index in [4.69, 9.17) is 0 Å². The van der Waals surface area contributed by atoms with E-state index in [1.165, 1.54) is 34.9 Å². The van der Waals surface area contributed by atoms with Gasteiger partial charge in [-0.15, -0.1) is 0 Å². The molecule has 4 aromatic rings. The summed E-state index contributed by atoms with van der Waals surface area (Å²) in [6.07, 6.45) is 0.0470. The Morgan fingerprint density at radius 1 is 1.09 bits per heavy atom. The van der Waals surface area contributed by atoms with Crippen LogP contribution >= 0.6 is 0 Å². The van der Waals surface area contributed by atoms with Gasteiger partial charge in [-0.05, 0) is 44.2 Å². The Bertz CT molecular complexity index is 1420. The van der Waals surface area contributed by atoms with Crippen molar-refractivity contribution in [2.75, 3.05) is 0 Å². The molecule has 2 aromatic heterocycles. The molecular formula is C24H19F2N3O3. The van der Waals surface area contributed by atoms with Crippen LogP contribution in [-0.4, -0.2) is 20.6 Å². The van der Waals surface area contributed by atoms with E-state index < -0.39 is 29.3 Å². The van der Waals surface area contributed by atoms with Crippen molar-refractivity contribution in [2.45, 2.75) is 20.1 Å². The number of hydrogen-bond donors (Lipinski definition) is 2. The van der Waals surface area contributed by atoms with Gasteiger partial charge in [0, 0.05) is 22.8 Å². The molecule has 1 atom stereocenters. The third kappa shape index (κ3) is 3.65. The van der Waals surface area contributed by atoms with E-state index in [0.29, 0.717) is 11.4 Å². The molecule has 0 aliphatic rings. The summed E-state index contributed by atoms with van der Waals surface area (Å²) in [6.45, 7) is 3.25. The molecule has 0 spiro atoms. The monoisotopic (exact) mass is 435 g/mol. The highest BCUT2D eigenvalue weighted by atomic mass is 19.1. The van der Waals surface area contributed by atoms with Crippen LogP contribution in [0, 0.1) is 25.5 Å². The highest BCUT2D eigenvalue weighted by Crippen LogP contribution is 2.25. The SMILES string of the molecule is Cc1ncccc1-n1c(C)c(C(=O)N[C@@H](O)c2cccc(F)c2)c2cccc(F)c2c1=O. The first-order valence-electron chi connectivity index (χ1n) is 9.80. The van der Waals surface area contributed by atoms with Crippen LogP contribution in [0.2, 0.25) is 0 Å². The van der Waals surface area contributed by atoms with Crippen LogP contribution in [0.1, 0.15) is 33.5 Å². The number of hydrogen-bond acceptors (Lipinski definition) is 4. The van der Waals surface area contributed by atoms with Crippen molar-refractivity contribution in [1.82, 2.24) is 14.9 Å². The summed E-state index contributed by atoms with van der Waals surface area (Å²) in [6, 6.07) is 12.5. The molecule has 0 unspecified atom stereocenters. The molecule has 0 radical (unpaired) electrons. The number of fused-ring (bicyclic) bond motifs is 1. The van der Waals surface area contributed by atoms with Crippen molar-refractivity contribution >= 4 is 16.7 Å². The highest BCUT2D eigenvalue weighted by molar-refractivity contribution is 6.08. The van der Waals surface area contributed by atoms with Crippen LogP contribution in [0.4, 0.5) is 8.78 Å². The number of halogens is 2. The summed E-state index contributed by atoms with van der Waals surface area (Å²) in [5.41, 5.74) is 0.683. The summed E-state index contributed by atoms with van der Waals surface area (Å²) < 4.78 is 29.5. The summed E-state index contributed by atoms with van der Waals surface area (Å²) in [5, 5.41) is 12.7. The maximum atomic E-state index is 14.7. The minimum absolute atomic E-state index is 0.0119. The summed E-state index contributed by atoms with van der Waals surface area (Å²) in [7, 11) is 0. The molecule has 162 valence electrons. The zero-order chi connectivity index (χ0) is 23.0. The number of aliphatic hydroxyl groups excluding tert-OH is 1. The van der Waals surface area contributed by atoms with Crippen molar-refractivity contribution in [1.29, 1.82) is 0 Å². The van der Waals surface area contributed by atoms with Crippen molar-refractivity contribution in [2.24, 2.45) is 0 Å². The second-order valence-corrected chi connectivity index (χ2v) is 7.30. The average molecular weight is 435 g/mol. The summed E-state index contributed by atoms with van der Waals surface area (Å²) in [4.78, 5) is 30.7. The summed E-state index contributed by atoms with van der Waals surface area (Å²) >= 11 is 0. The first kappa shape index (κ1) is 21.3. The molecule has 0 aliphatic carbocycles. The number of carbonyl (C=O) groups excluding carboxylic acids is 1. The Balaban J connectivity index is 1.93. The molecule has 6 nitrogen and oxygen atoms in total. The Morgan fingerprint density at radius 2 is 1.84 bits per heavy atom. The Labute approximate surface area is 181 Å². The molecule has 0 saturated carbocycles. The highest BCUT2D eigenvalue weighted by Gasteiger charge is 2.24. The fraction of sp³-hybridized carbons (Fsp3) is 0.125. The predicted molar refractivity (Wildman–Crippen MR) is 116 cm³/mol. The van der Waals surface area contributed by atoms with E-state index in [9.17, 15) is 23.5 Å². The van der Waals surface area contributed by atoms with Crippen LogP contribution in [0.5, 0.6) is 0 Å². The van der Waals surface area contributed by atoms with Gasteiger partial charge in [0.1, 0.15) is 11.6 Å². The van der Waals surface area contributed by atoms with E-state index in [1.54, 1.807) is 32.2 Å². The lowest BCUT2D eigenvalue weighted by molar-refractivity contribution is 0.0783. The second-order valence-electron chi connectivity index (χ2n) is 7.30. The van der Waals surface area contributed by atoms with E-state index in [2.05, 4.69) is 10.3 Å². The minimum Gasteiger partial charge on any atom is -0.369 e. The van der Waals surface area contributed by atoms with E-state index in [1.807, 2.05) is 0 Å². The fourth-order valence-corrected chi connectivity index (χ4v) is 3.77. The van der Waals surface area contributed by atoms with Gasteiger partial charge in [-0.3, -0.25) is 19.1 Å². The second kappa shape index (κ2) is 8.32. The topological polar surface area (TPSA) is 84.2 Å². The zero-order valence-corrected chi connectivity index (χ0v) is 17.3. The van der Waals surface area contributed by atoms with Crippen LogP contribution in [0.15, 0.2) is 65.6 Å². The van der Waals surface area contributed by atoms with Gasteiger partial charge >= 0.3 is 0 Å². The van der Waals surface area contributed by atoms with Crippen molar-refractivity contribution < 1.29 is 18.7 Å². The number of aliphatic hydroxyl groups is 1. The number of amides is 1. The lowest BCUT2D eigenvalue weighted by Crippen LogP contribution is -2.32. The van der Waals surface area contributed by atoms with Gasteiger partial charge in [0.05, 0.1) is 22.3 Å². The molecule has 1 amide bonds. The van der Waals surface area contributed by atoms with Gasteiger partial charge in [-0.25, -0.2) is 8.78 Å². The Hall–Kier alpha value is -3.91. The van der Waals surface area contributed by atoms with Crippen LogP contribution in [-0.2, 0) is 0 Å². The molecule has 8 heteroatoms. The molecule has 0 saturated heterocycles. The number of carbonyl (C=O) groups is 1. The number of pyridine rings is 2. The maximum Gasteiger partial charge on any atom is 0.266 e. The molecule has 0 aliphatic heterocycles. The molecule has 0 fully saturated rings. The number of nitrogens with zero attached hydrogens (tertiary/aromatic N) is 2. The number of aryl methyl sites for hydroxylation is 1. The van der Waals surface area contributed by atoms with Crippen molar-refractivity contribution in [3.8, 4) is 5.69 Å². The average Bonchev–Trinajstić information content (AvgIpc) is 2.75. The number of nitrogens with one attached hydrogen (secondary N) is 1. The van der Waals surface area contributed by atoms with Crippen LogP contribution < -0.4 is 10.9 Å². The molecule has 2 aromatic carbocycles. The lowest BCUT2D eigenvalue weighted by atomic mass is 10.0. The number of rotatable bonds is 4. The van der Waals surface area contributed by atoms with Gasteiger partial charge in [-0.1, -0.05) is 24.3 Å². The summed E-state index contributed by atoms with van der Waals surface area (Å²) in [5.74, 6) is -2.09. The lowest BCUT2D eigenvalue weighted by Gasteiger charge is -2.20. The predicted octanol–water partition coefficient (Wildman–Crippen LogP) is 3.70. The molecule has 2 heterocycles. The smallest absolute Gasteiger partial charge is 0.266 e. The Morgan fingerprint density at radius 3 is 2.56 bits per heavy atom. The molecule has 2 N–H and O–H groups in total.